The van der Waals surface area contributed by atoms with E-state index in [0.717, 1.165) is 46.1 Å². The Morgan fingerprint density at radius 1 is 1.17 bits per heavy atom. The topological polar surface area (TPSA) is 44.8 Å². The number of aromatic amines is 1. The lowest BCUT2D eigenvalue weighted by Gasteiger charge is -2.23. The van der Waals surface area contributed by atoms with Crippen molar-refractivity contribution in [2.24, 2.45) is 0 Å². The SMILES string of the molecule is Cc1cc(Cl)cc2c(CN3C4CCC3CC4)c3c(C)[nH]nc3nc12. The van der Waals surface area contributed by atoms with Crippen LogP contribution in [-0.2, 0) is 6.54 Å². The number of aromatic nitrogens is 3. The highest BCUT2D eigenvalue weighted by Gasteiger charge is 2.39. The van der Waals surface area contributed by atoms with Crippen molar-refractivity contribution in [2.45, 2.75) is 58.2 Å². The largest absolute Gasteiger partial charge is 0.293 e. The molecule has 0 atom stereocenters. The Labute approximate surface area is 146 Å². The number of halogens is 1. The number of aryl methyl sites for hydroxylation is 2. The number of benzene rings is 1. The molecule has 5 rings (SSSR count). The van der Waals surface area contributed by atoms with Crippen molar-refractivity contribution < 1.29 is 0 Å². The van der Waals surface area contributed by atoms with E-state index in [1.54, 1.807) is 0 Å². The van der Waals surface area contributed by atoms with Crippen LogP contribution in [0.25, 0.3) is 21.9 Å². The lowest BCUT2D eigenvalue weighted by Crippen LogP contribution is -2.28. The third kappa shape index (κ3) is 2.02. The van der Waals surface area contributed by atoms with Gasteiger partial charge in [0.15, 0.2) is 5.65 Å². The second-order valence-corrected chi connectivity index (χ2v) is 7.83. The summed E-state index contributed by atoms with van der Waals surface area (Å²) in [5.74, 6) is 0. The van der Waals surface area contributed by atoms with E-state index in [1.165, 1.54) is 42.0 Å². The highest BCUT2D eigenvalue weighted by Crippen LogP contribution is 2.40. The van der Waals surface area contributed by atoms with Crippen LogP contribution in [0.15, 0.2) is 12.1 Å². The van der Waals surface area contributed by atoms with E-state index in [2.05, 4.69) is 35.0 Å². The standard InChI is InChI=1S/C19H21ClN4/c1-10-7-12(20)8-15-16(9-24-13-3-4-14(24)6-5-13)17-11(2)22-23-19(17)21-18(10)15/h7-8,13-14H,3-6,9H2,1-2H3,(H,21,22,23). The minimum absolute atomic E-state index is 0.751. The van der Waals surface area contributed by atoms with Crippen molar-refractivity contribution in [3.05, 3.63) is 34.0 Å². The molecule has 2 aliphatic rings. The van der Waals surface area contributed by atoms with Crippen LogP contribution < -0.4 is 0 Å². The fourth-order valence-corrected chi connectivity index (χ4v) is 5.11. The van der Waals surface area contributed by atoms with Gasteiger partial charge in [-0.2, -0.15) is 5.10 Å². The lowest BCUT2D eigenvalue weighted by molar-refractivity contribution is 0.245. The van der Waals surface area contributed by atoms with Crippen LogP contribution in [0, 0.1) is 13.8 Å². The highest BCUT2D eigenvalue weighted by molar-refractivity contribution is 6.31. The van der Waals surface area contributed by atoms with Gasteiger partial charge in [0, 0.05) is 40.1 Å². The third-order valence-corrected chi connectivity index (χ3v) is 6.20. The maximum atomic E-state index is 6.38. The summed E-state index contributed by atoms with van der Waals surface area (Å²) in [5.41, 5.74) is 5.40. The Morgan fingerprint density at radius 2 is 1.88 bits per heavy atom. The van der Waals surface area contributed by atoms with Gasteiger partial charge in [0.1, 0.15) is 0 Å². The molecule has 2 saturated heterocycles. The van der Waals surface area contributed by atoms with Crippen LogP contribution in [0.3, 0.4) is 0 Å². The highest BCUT2D eigenvalue weighted by atomic mass is 35.5. The number of fused-ring (bicyclic) bond motifs is 4. The number of pyridine rings is 1. The van der Waals surface area contributed by atoms with E-state index in [1.807, 2.05) is 6.07 Å². The molecule has 0 amide bonds. The molecule has 124 valence electrons. The summed E-state index contributed by atoms with van der Waals surface area (Å²) in [4.78, 5) is 7.51. The first-order chi connectivity index (χ1) is 11.6. The van der Waals surface area contributed by atoms with Gasteiger partial charge < -0.3 is 0 Å². The Balaban J connectivity index is 1.78. The third-order valence-electron chi connectivity index (χ3n) is 5.98. The number of H-pyrrole nitrogens is 1. The van der Waals surface area contributed by atoms with Crippen LogP contribution in [0.1, 0.15) is 42.5 Å². The van der Waals surface area contributed by atoms with E-state index in [9.17, 15) is 0 Å². The summed E-state index contributed by atoms with van der Waals surface area (Å²) in [6.07, 6.45) is 5.39. The summed E-state index contributed by atoms with van der Waals surface area (Å²) in [6, 6.07) is 5.57. The number of hydrogen-bond donors (Lipinski definition) is 1. The van der Waals surface area contributed by atoms with E-state index in [-0.39, 0.29) is 0 Å². The molecule has 4 nitrogen and oxygen atoms in total. The second kappa shape index (κ2) is 5.17. The fraction of sp³-hybridized carbons (Fsp3) is 0.474. The molecule has 3 aromatic rings. The van der Waals surface area contributed by atoms with Crippen molar-refractivity contribution in [3.63, 3.8) is 0 Å². The molecular formula is C19H21ClN4. The normalized spacial score (nSPS) is 23.8. The van der Waals surface area contributed by atoms with Crippen molar-refractivity contribution in [3.8, 4) is 0 Å². The van der Waals surface area contributed by atoms with Gasteiger partial charge in [-0.25, -0.2) is 4.98 Å². The minimum atomic E-state index is 0.751. The van der Waals surface area contributed by atoms with Gasteiger partial charge in [0.25, 0.3) is 0 Å². The number of hydrogen-bond acceptors (Lipinski definition) is 3. The van der Waals surface area contributed by atoms with Crippen LogP contribution in [0.2, 0.25) is 5.02 Å². The van der Waals surface area contributed by atoms with Crippen LogP contribution in [0.4, 0.5) is 0 Å². The van der Waals surface area contributed by atoms with Crippen LogP contribution >= 0.6 is 11.6 Å². The van der Waals surface area contributed by atoms with Crippen molar-refractivity contribution in [1.29, 1.82) is 0 Å². The monoisotopic (exact) mass is 340 g/mol. The first-order valence-electron chi connectivity index (χ1n) is 8.81. The molecule has 1 N–H and O–H groups in total. The Hall–Kier alpha value is -1.65. The smallest absolute Gasteiger partial charge is 0.182 e. The molecule has 0 aliphatic carbocycles. The van der Waals surface area contributed by atoms with Gasteiger partial charge >= 0.3 is 0 Å². The summed E-state index contributed by atoms with van der Waals surface area (Å²) in [5, 5.41) is 10.7. The zero-order chi connectivity index (χ0) is 16.4. The molecule has 4 heterocycles. The van der Waals surface area contributed by atoms with Gasteiger partial charge in [-0.1, -0.05) is 11.6 Å². The average molecular weight is 341 g/mol. The quantitative estimate of drug-likeness (QED) is 0.746. The van der Waals surface area contributed by atoms with E-state index < -0.39 is 0 Å². The van der Waals surface area contributed by atoms with Crippen LogP contribution in [-0.4, -0.2) is 32.2 Å². The molecule has 2 bridgehead atoms. The summed E-state index contributed by atoms with van der Waals surface area (Å²) in [7, 11) is 0. The summed E-state index contributed by atoms with van der Waals surface area (Å²) >= 11 is 6.38. The molecule has 5 heteroatoms. The van der Waals surface area contributed by atoms with Crippen molar-refractivity contribution >= 4 is 33.5 Å². The van der Waals surface area contributed by atoms with Gasteiger partial charge in [0.2, 0.25) is 0 Å². The molecular weight excluding hydrogens is 320 g/mol. The van der Waals surface area contributed by atoms with E-state index >= 15 is 0 Å². The average Bonchev–Trinajstić information content (AvgIpc) is 3.23. The lowest BCUT2D eigenvalue weighted by atomic mass is 10.0. The molecule has 2 aromatic heterocycles. The molecule has 1 aromatic carbocycles. The first kappa shape index (κ1) is 14.7. The van der Waals surface area contributed by atoms with Crippen molar-refractivity contribution in [2.75, 3.05) is 0 Å². The van der Waals surface area contributed by atoms with Crippen LogP contribution in [0.5, 0.6) is 0 Å². The van der Waals surface area contributed by atoms with Gasteiger partial charge in [0.05, 0.1) is 5.52 Å². The molecule has 0 spiro atoms. The zero-order valence-corrected chi connectivity index (χ0v) is 14.8. The summed E-state index contributed by atoms with van der Waals surface area (Å²) < 4.78 is 0. The predicted molar refractivity (Wildman–Crippen MR) is 97.5 cm³/mol. The number of nitrogens with one attached hydrogen (secondary N) is 1. The molecule has 0 saturated carbocycles. The molecule has 2 fully saturated rings. The maximum Gasteiger partial charge on any atom is 0.182 e. The Bertz CT molecular complexity index is 941. The Kier molecular flexibility index (Phi) is 3.16. The predicted octanol–water partition coefficient (Wildman–Crippen LogP) is 4.51. The van der Waals surface area contributed by atoms with E-state index in [4.69, 9.17) is 16.6 Å². The number of rotatable bonds is 2. The first-order valence-corrected chi connectivity index (χ1v) is 9.19. The van der Waals surface area contributed by atoms with Gasteiger partial charge in [-0.05, 0) is 62.8 Å². The molecule has 2 aliphatic heterocycles. The second-order valence-electron chi connectivity index (χ2n) is 7.39. The fourth-order valence-electron chi connectivity index (χ4n) is 4.84. The van der Waals surface area contributed by atoms with Gasteiger partial charge in [-0.3, -0.25) is 10.00 Å². The molecule has 24 heavy (non-hydrogen) atoms. The zero-order valence-electron chi connectivity index (χ0n) is 14.1. The summed E-state index contributed by atoms with van der Waals surface area (Å²) in [6.45, 7) is 5.14. The number of nitrogens with zero attached hydrogens (tertiary/aromatic N) is 3. The Morgan fingerprint density at radius 3 is 2.58 bits per heavy atom. The maximum absolute atomic E-state index is 6.38. The minimum Gasteiger partial charge on any atom is -0.293 e. The molecule has 0 radical (unpaired) electrons. The van der Waals surface area contributed by atoms with E-state index in [0.29, 0.717) is 0 Å². The van der Waals surface area contributed by atoms with Crippen molar-refractivity contribution in [1.82, 2.24) is 20.1 Å². The molecule has 0 unspecified atom stereocenters. The van der Waals surface area contributed by atoms with Gasteiger partial charge in [-0.15, -0.1) is 0 Å².